The summed E-state index contributed by atoms with van der Waals surface area (Å²) in [6.07, 6.45) is 0.658. The Morgan fingerprint density at radius 1 is 1.14 bits per heavy atom. The summed E-state index contributed by atoms with van der Waals surface area (Å²) >= 11 is 0. The molecule has 4 N–H and O–H groups in total. The van der Waals surface area contributed by atoms with Crippen LogP contribution in [0, 0.1) is 0 Å². The average Bonchev–Trinajstić information content (AvgIpc) is 2.97. The third-order valence-corrected chi connectivity index (χ3v) is 3.57. The fourth-order valence-corrected chi connectivity index (χ4v) is 2.43. The number of hydrogen-bond acceptors (Lipinski definition) is 3. The third kappa shape index (κ3) is 2.99. The standard InChI is InChI=1S/C17H18N4O/c18-11-12-5-1-2-6-13(12)17(22)19-10-9-16-20-14-7-3-4-8-15(14)21-16/h1-8H,9-11,18H2,(H,19,22)(H,20,21). The molecule has 1 heterocycles. The first-order chi connectivity index (χ1) is 10.8. The van der Waals surface area contributed by atoms with Gasteiger partial charge in [-0.15, -0.1) is 0 Å². The molecule has 2 aromatic carbocycles. The summed E-state index contributed by atoms with van der Waals surface area (Å²) in [5, 5.41) is 2.91. The van der Waals surface area contributed by atoms with E-state index in [2.05, 4.69) is 15.3 Å². The van der Waals surface area contributed by atoms with Gasteiger partial charge in [0.1, 0.15) is 5.82 Å². The Labute approximate surface area is 128 Å². The molecule has 0 spiro atoms. The number of nitrogens with zero attached hydrogens (tertiary/aromatic N) is 1. The second-order valence-corrected chi connectivity index (χ2v) is 5.07. The van der Waals surface area contributed by atoms with Gasteiger partial charge in [0, 0.05) is 25.1 Å². The van der Waals surface area contributed by atoms with E-state index in [4.69, 9.17) is 5.73 Å². The van der Waals surface area contributed by atoms with E-state index in [-0.39, 0.29) is 5.91 Å². The average molecular weight is 294 g/mol. The van der Waals surface area contributed by atoms with Crippen LogP contribution < -0.4 is 11.1 Å². The number of nitrogens with one attached hydrogen (secondary N) is 2. The number of carbonyl (C=O) groups excluding carboxylic acids is 1. The monoisotopic (exact) mass is 294 g/mol. The third-order valence-electron chi connectivity index (χ3n) is 3.57. The number of aromatic nitrogens is 2. The molecule has 112 valence electrons. The first kappa shape index (κ1) is 14.3. The van der Waals surface area contributed by atoms with E-state index in [1.54, 1.807) is 6.07 Å². The number of H-pyrrole nitrogens is 1. The van der Waals surface area contributed by atoms with Crippen LogP contribution in [0.3, 0.4) is 0 Å². The van der Waals surface area contributed by atoms with E-state index in [1.807, 2.05) is 42.5 Å². The zero-order valence-corrected chi connectivity index (χ0v) is 12.2. The van der Waals surface area contributed by atoms with Crippen LogP contribution in [0.5, 0.6) is 0 Å². The van der Waals surface area contributed by atoms with Crippen LogP contribution in [0.15, 0.2) is 48.5 Å². The predicted molar refractivity (Wildman–Crippen MR) is 86.5 cm³/mol. The Morgan fingerprint density at radius 2 is 1.91 bits per heavy atom. The summed E-state index contributed by atoms with van der Waals surface area (Å²) in [5.41, 5.74) is 9.09. The van der Waals surface area contributed by atoms with Crippen LogP contribution in [0.1, 0.15) is 21.7 Å². The minimum atomic E-state index is -0.0999. The molecule has 0 saturated carbocycles. The van der Waals surface area contributed by atoms with E-state index >= 15 is 0 Å². The van der Waals surface area contributed by atoms with E-state index in [1.165, 1.54) is 0 Å². The topological polar surface area (TPSA) is 83.8 Å². The molecule has 1 aromatic heterocycles. The van der Waals surface area contributed by atoms with Crippen LogP contribution in [-0.4, -0.2) is 22.4 Å². The smallest absolute Gasteiger partial charge is 0.251 e. The van der Waals surface area contributed by atoms with Crippen molar-refractivity contribution in [3.05, 3.63) is 65.5 Å². The summed E-state index contributed by atoms with van der Waals surface area (Å²) in [6, 6.07) is 15.3. The molecule has 0 aliphatic heterocycles. The SMILES string of the molecule is NCc1ccccc1C(=O)NCCc1nc2ccccc2[nH]1. The maximum atomic E-state index is 12.2. The van der Waals surface area contributed by atoms with Gasteiger partial charge in [-0.3, -0.25) is 4.79 Å². The minimum absolute atomic E-state index is 0.0999. The highest BCUT2D eigenvalue weighted by atomic mass is 16.1. The number of para-hydroxylation sites is 2. The molecule has 0 atom stereocenters. The summed E-state index contributed by atoms with van der Waals surface area (Å²) in [7, 11) is 0. The Bertz CT molecular complexity index is 761. The number of nitrogens with two attached hydrogens (primary N) is 1. The second-order valence-electron chi connectivity index (χ2n) is 5.07. The number of fused-ring (bicyclic) bond motifs is 1. The van der Waals surface area contributed by atoms with Crippen molar-refractivity contribution in [2.75, 3.05) is 6.54 Å². The molecule has 0 radical (unpaired) electrons. The summed E-state index contributed by atoms with van der Waals surface area (Å²) in [4.78, 5) is 19.9. The van der Waals surface area contributed by atoms with Crippen LogP contribution in [0.2, 0.25) is 0 Å². The van der Waals surface area contributed by atoms with Crippen molar-refractivity contribution in [2.24, 2.45) is 5.73 Å². The number of imidazole rings is 1. The Morgan fingerprint density at radius 3 is 2.73 bits per heavy atom. The molecule has 3 rings (SSSR count). The molecule has 3 aromatic rings. The number of amides is 1. The molecule has 0 saturated heterocycles. The number of benzene rings is 2. The summed E-state index contributed by atoms with van der Waals surface area (Å²) in [6.45, 7) is 0.880. The highest BCUT2D eigenvalue weighted by Crippen LogP contribution is 2.11. The number of carbonyl (C=O) groups is 1. The van der Waals surface area contributed by atoms with Crippen LogP contribution in [0.25, 0.3) is 11.0 Å². The highest BCUT2D eigenvalue weighted by molar-refractivity contribution is 5.95. The first-order valence-corrected chi connectivity index (χ1v) is 7.27. The first-order valence-electron chi connectivity index (χ1n) is 7.27. The van der Waals surface area contributed by atoms with Crippen molar-refractivity contribution in [3.8, 4) is 0 Å². The van der Waals surface area contributed by atoms with E-state index in [0.717, 1.165) is 22.4 Å². The molecule has 0 unspecified atom stereocenters. The molecule has 5 heteroatoms. The van der Waals surface area contributed by atoms with Gasteiger partial charge in [-0.05, 0) is 23.8 Å². The second kappa shape index (κ2) is 6.41. The lowest BCUT2D eigenvalue weighted by atomic mass is 10.1. The van der Waals surface area contributed by atoms with E-state index in [9.17, 15) is 4.79 Å². The van der Waals surface area contributed by atoms with Crippen LogP contribution in [0.4, 0.5) is 0 Å². The van der Waals surface area contributed by atoms with Crippen molar-refractivity contribution in [2.45, 2.75) is 13.0 Å². The largest absolute Gasteiger partial charge is 0.352 e. The van der Waals surface area contributed by atoms with Crippen LogP contribution in [-0.2, 0) is 13.0 Å². The van der Waals surface area contributed by atoms with Gasteiger partial charge in [0.2, 0.25) is 0 Å². The van der Waals surface area contributed by atoms with Gasteiger partial charge in [-0.2, -0.15) is 0 Å². The normalized spacial score (nSPS) is 10.8. The molecular formula is C17H18N4O. The Hall–Kier alpha value is -2.66. The molecule has 1 amide bonds. The predicted octanol–water partition coefficient (Wildman–Crippen LogP) is 1.99. The van der Waals surface area contributed by atoms with Gasteiger partial charge in [0.05, 0.1) is 11.0 Å². The quantitative estimate of drug-likeness (QED) is 0.673. The maximum absolute atomic E-state index is 12.2. The van der Waals surface area contributed by atoms with Gasteiger partial charge in [-0.25, -0.2) is 4.98 Å². The van der Waals surface area contributed by atoms with Gasteiger partial charge < -0.3 is 16.0 Å². The number of rotatable bonds is 5. The molecule has 0 fully saturated rings. The molecule has 0 aliphatic carbocycles. The van der Waals surface area contributed by atoms with Crippen molar-refractivity contribution in [3.63, 3.8) is 0 Å². The Kier molecular flexibility index (Phi) is 4.16. The van der Waals surface area contributed by atoms with Gasteiger partial charge in [0.25, 0.3) is 5.91 Å². The molecule has 5 nitrogen and oxygen atoms in total. The van der Waals surface area contributed by atoms with Gasteiger partial charge in [0.15, 0.2) is 0 Å². The maximum Gasteiger partial charge on any atom is 0.251 e. The molecule has 22 heavy (non-hydrogen) atoms. The molecule has 0 bridgehead atoms. The fraction of sp³-hybridized carbons (Fsp3) is 0.176. The van der Waals surface area contributed by atoms with Gasteiger partial charge >= 0.3 is 0 Å². The lowest BCUT2D eigenvalue weighted by Gasteiger charge is -2.08. The minimum Gasteiger partial charge on any atom is -0.352 e. The van der Waals surface area contributed by atoms with Crippen molar-refractivity contribution in [1.29, 1.82) is 0 Å². The molecular weight excluding hydrogens is 276 g/mol. The van der Waals surface area contributed by atoms with Crippen LogP contribution >= 0.6 is 0 Å². The lowest BCUT2D eigenvalue weighted by molar-refractivity contribution is 0.0953. The summed E-state index contributed by atoms with van der Waals surface area (Å²) < 4.78 is 0. The Balaban J connectivity index is 1.61. The van der Waals surface area contributed by atoms with E-state index < -0.39 is 0 Å². The van der Waals surface area contributed by atoms with Crippen molar-refractivity contribution < 1.29 is 4.79 Å². The van der Waals surface area contributed by atoms with Crippen molar-refractivity contribution in [1.82, 2.24) is 15.3 Å². The van der Waals surface area contributed by atoms with E-state index in [0.29, 0.717) is 25.1 Å². The number of hydrogen-bond donors (Lipinski definition) is 3. The fourth-order valence-electron chi connectivity index (χ4n) is 2.43. The van der Waals surface area contributed by atoms with Gasteiger partial charge in [-0.1, -0.05) is 30.3 Å². The summed E-state index contributed by atoms with van der Waals surface area (Å²) in [5.74, 6) is 0.769. The van der Waals surface area contributed by atoms with Crippen molar-refractivity contribution >= 4 is 16.9 Å². The number of aromatic amines is 1. The zero-order chi connectivity index (χ0) is 15.4. The lowest BCUT2D eigenvalue weighted by Crippen LogP contribution is -2.27. The zero-order valence-electron chi connectivity index (χ0n) is 12.2. The highest BCUT2D eigenvalue weighted by Gasteiger charge is 2.09. The molecule has 0 aliphatic rings.